The summed E-state index contributed by atoms with van der Waals surface area (Å²) >= 11 is 0. The molecule has 0 atom stereocenters. The molecule has 0 aromatic rings. The van der Waals surface area contributed by atoms with E-state index in [9.17, 15) is 14.4 Å². The highest BCUT2D eigenvalue weighted by molar-refractivity contribution is 5.83. The minimum atomic E-state index is -1.20. The van der Waals surface area contributed by atoms with E-state index in [0.29, 0.717) is 0 Å². The lowest BCUT2D eigenvalue weighted by atomic mass is 10.5. The zero-order valence-electron chi connectivity index (χ0n) is 9.39. The van der Waals surface area contributed by atoms with Gasteiger partial charge in [0.1, 0.15) is 6.54 Å². The molecule has 16 heavy (non-hydrogen) atoms. The highest BCUT2D eigenvalue weighted by Crippen LogP contribution is 1.88. The summed E-state index contributed by atoms with van der Waals surface area (Å²) in [6, 6.07) is -0.684. The molecule has 0 saturated heterocycles. The Bertz CT molecular complexity index is 279. The molecule has 8 heteroatoms. The van der Waals surface area contributed by atoms with Crippen LogP contribution in [-0.4, -0.2) is 67.1 Å². The molecule has 3 amide bonds. The molecule has 0 heterocycles. The van der Waals surface area contributed by atoms with E-state index in [0.717, 1.165) is 4.90 Å². The third kappa shape index (κ3) is 5.81. The van der Waals surface area contributed by atoms with Crippen LogP contribution in [0.4, 0.5) is 4.79 Å². The molecule has 0 aromatic heterocycles. The van der Waals surface area contributed by atoms with Crippen LogP contribution in [-0.2, 0) is 14.4 Å². The van der Waals surface area contributed by atoms with Gasteiger partial charge in [-0.15, -0.1) is 0 Å². The smallest absolute Gasteiger partial charge is 0.341 e. The van der Waals surface area contributed by atoms with Crippen LogP contribution in [0.1, 0.15) is 0 Å². The molecular weight excluding hydrogens is 218 g/mol. The van der Waals surface area contributed by atoms with Crippen LogP contribution >= 0.6 is 0 Å². The van der Waals surface area contributed by atoms with Gasteiger partial charge >= 0.3 is 12.0 Å². The van der Waals surface area contributed by atoms with Gasteiger partial charge in [-0.05, 0) is 0 Å². The van der Waals surface area contributed by atoms with E-state index < -0.39 is 18.6 Å². The van der Waals surface area contributed by atoms with Gasteiger partial charge in [-0.1, -0.05) is 0 Å². The fourth-order valence-corrected chi connectivity index (χ4v) is 0.654. The number of nitrogens with zero attached hydrogens (tertiary/aromatic N) is 2. The van der Waals surface area contributed by atoms with Gasteiger partial charge in [0.2, 0.25) is 5.91 Å². The van der Waals surface area contributed by atoms with E-state index >= 15 is 0 Å². The maximum Gasteiger partial charge on any atom is 0.341 e. The van der Waals surface area contributed by atoms with Crippen LogP contribution in [0.15, 0.2) is 0 Å². The monoisotopic (exact) mass is 233 g/mol. The largest absolute Gasteiger partial charge is 0.479 e. The maximum absolute atomic E-state index is 11.2. The lowest BCUT2D eigenvalue weighted by molar-refractivity contribution is -0.144. The number of urea groups is 1. The van der Waals surface area contributed by atoms with Crippen molar-refractivity contribution in [1.29, 1.82) is 0 Å². The van der Waals surface area contributed by atoms with E-state index in [1.807, 2.05) is 5.48 Å². The first-order valence-corrected chi connectivity index (χ1v) is 4.39. The maximum atomic E-state index is 11.2. The summed E-state index contributed by atoms with van der Waals surface area (Å²) < 4.78 is 0. The number of carbonyl (C=O) groups is 3. The highest BCUT2D eigenvalue weighted by atomic mass is 16.7. The molecule has 0 radical (unpaired) electrons. The first-order valence-electron chi connectivity index (χ1n) is 4.39. The van der Waals surface area contributed by atoms with Gasteiger partial charge in [0.05, 0.1) is 0 Å². The number of carboxylic acids is 1. The van der Waals surface area contributed by atoms with E-state index in [4.69, 9.17) is 5.11 Å². The molecule has 0 unspecified atom stereocenters. The van der Waals surface area contributed by atoms with Crippen molar-refractivity contribution in [2.75, 3.05) is 34.3 Å². The summed E-state index contributed by atoms with van der Waals surface area (Å²) in [5, 5.41) is 8.23. The van der Waals surface area contributed by atoms with E-state index in [1.54, 1.807) is 14.1 Å². The molecule has 0 aliphatic carbocycles. The van der Waals surface area contributed by atoms with E-state index in [1.165, 1.54) is 11.9 Å². The average molecular weight is 233 g/mol. The topological polar surface area (TPSA) is 99.2 Å². The third-order valence-corrected chi connectivity index (χ3v) is 1.57. The average Bonchev–Trinajstić information content (AvgIpc) is 2.16. The number of rotatable bonds is 5. The van der Waals surface area contributed by atoms with E-state index in [-0.39, 0.29) is 12.5 Å². The van der Waals surface area contributed by atoms with Crippen molar-refractivity contribution < 1.29 is 24.3 Å². The van der Waals surface area contributed by atoms with Gasteiger partial charge < -0.3 is 14.9 Å². The highest BCUT2D eigenvalue weighted by Gasteiger charge is 2.14. The fraction of sp³-hybridized carbons (Fsp3) is 0.625. The first-order chi connectivity index (χ1) is 7.34. The van der Waals surface area contributed by atoms with Gasteiger partial charge in [-0.3, -0.25) is 9.63 Å². The molecule has 8 nitrogen and oxygen atoms in total. The molecule has 2 N–H and O–H groups in total. The van der Waals surface area contributed by atoms with Gasteiger partial charge in [0.25, 0.3) is 0 Å². The summed E-state index contributed by atoms with van der Waals surface area (Å²) in [7, 11) is 4.52. The number of aliphatic carboxylic acids is 1. The number of carboxylic acid groups (broad SMARTS) is 1. The Morgan fingerprint density at radius 1 is 1.25 bits per heavy atom. The zero-order chi connectivity index (χ0) is 12.7. The van der Waals surface area contributed by atoms with Crippen LogP contribution in [0.3, 0.4) is 0 Å². The van der Waals surface area contributed by atoms with Crippen molar-refractivity contribution in [1.82, 2.24) is 15.3 Å². The number of hydroxylamine groups is 1. The van der Waals surface area contributed by atoms with Crippen molar-refractivity contribution in [3.63, 3.8) is 0 Å². The predicted molar refractivity (Wildman–Crippen MR) is 53.4 cm³/mol. The quantitative estimate of drug-likeness (QED) is 0.577. The minimum absolute atomic E-state index is 0.116. The zero-order valence-corrected chi connectivity index (χ0v) is 9.39. The molecule has 0 aromatic carbocycles. The normalized spacial score (nSPS) is 9.44. The SMILES string of the molecule is CN(C)C(=O)CN(C)C(=O)NOCC(=O)O. The number of likely N-dealkylation sites (N-methyl/N-ethyl adjacent to an activating group) is 2. The first kappa shape index (κ1) is 14.2. The standard InChI is InChI=1S/C8H15N3O5/c1-10(2)6(12)4-11(3)8(15)9-16-5-7(13)14/h4-5H2,1-3H3,(H,9,15)(H,13,14). The van der Waals surface area contributed by atoms with Crippen LogP contribution in [0, 0.1) is 0 Å². The number of hydrogen-bond donors (Lipinski definition) is 2. The van der Waals surface area contributed by atoms with Crippen LogP contribution in [0.25, 0.3) is 0 Å². The van der Waals surface area contributed by atoms with Crippen molar-refractivity contribution in [3.05, 3.63) is 0 Å². The molecule has 0 spiro atoms. The van der Waals surface area contributed by atoms with Crippen LogP contribution in [0.2, 0.25) is 0 Å². The summed E-state index contributed by atoms with van der Waals surface area (Å²) in [6.07, 6.45) is 0. The lowest BCUT2D eigenvalue weighted by Crippen LogP contribution is -2.43. The second-order valence-electron chi connectivity index (χ2n) is 3.23. The summed E-state index contributed by atoms with van der Waals surface area (Å²) in [5.41, 5.74) is 1.89. The van der Waals surface area contributed by atoms with Crippen LogP contribution < -0.4 is 5.48 Å². The summed E-state index contributed by atoms with van der Waals surface area (Å²) in [4.78, 5) is 39.2. The van der Waals surface area contributed by atoms with Crippen molar-refractivity contribution in [3.8, 4) is 0 Å². The third-order valence-electron chi connectivity index (χ3n) is 1.57. The molecule has 0 saturated carbocycles. The Morgan fingerprint density at radius 2 is 1.81 bits per heavy atom. The molecule has 0 aliphatic rings. The summed E-state index contributed by atoms with van der Waals surface area (Å²) in [6.45, 7) is -0.754. The Balaban J connectivity index is 3.90. The van der Waals surface area contributed by atoms with Crippen molar-refractivity contribution in [2.24, 2.45) is 0 Å². The second kappa shape index (κ2) is 6.62. The van der Waals surface area contributed by atoms with Gasteiger partial charge in [0, 0.05) is 21.1 Å². The Labute approximate surface area is 92.7 Å². The summed E-state index contributed by atoms with van der Waals surface area (Å²) in [5.74, 6) is -1.46. The number of carbonyl (C=O) groups excluding carboxylic acids is 2. The minimum Gasteiger partial charge on any atom is -0.479 e. The number of nitrogens with one attached hydrogen (secondary N) is 1. The molecule has 0 fully saturated rings. The molecule has 0 bridgehead atoms. The lowest BCUT2D eigenvalue weighted by Gasteiger charge is -2.19. The second-order valence-corrected chi connectivity index (χ2v) is 3.23. The Kier molecular flexibility index (Phi) is 5.86. The van der Waals surface area contributed by atoms with Gasteiger partial charge in [0.15, 0.2) is 6.61 Å². The van der Waals surface area contributed by atoms with Gasteiger partial charge in [-0.2, -0.15) is 0 Å². The fourth-order valence-electron chi connectivity index (χ4n) is 0.654. The molecule has 0 aliphatic heterocycles. The number of amides is 3. The Hall–Kier alpha value is -1.83. The predicted octanol–water partition coefficient (Wildman–Crippen LogP) is -1.27. The van der Waals surface area contributed by atoms with Crippen LogP contribution in [0.5, 0.6) is 0 Å². The van der Waals surface area contributed by atoms with Crippen molar-refractivity contribution >= 4 is 17.9 Å². The van der Waals surface area contributed by atoms with Gasteiger partial charge in [-0.25, -0.2) is 15.1 Å². The molecule has 92 valence electrons. The molecular formula is C8H15N3O5. The molecule has 0 rings (SSSR count). The Morgan fingerprint density at radius 3 is 2.25 bits per heavy atom. The number of hydrogen-bond acceptors (Lipinski definition) is 4. The van der Waals surface area contributed by atoms with Crippen molar-refractivity contribution in [2.45, 2.75) is 0 Å². The van der Waals surface area contributed by atoms with E-state index in [2.05, 4.69) is 4.84 Å².